The number of aromatic nitrogens is 2. The van der Waals surface area contributed by atoms with Crippen molar-refractivity contribution >= 4 is 34.3 Å². The zero-order valence-electron chi connectivity index (χ0n) is 27.0. The molecule has 6 nitrogen and oxygen atoms in total. The van der Waals surface area contributed by atoms with Gasteiger partial charge in [-0.1, -0.05) is 64.1 Å². The number of aliphatic carboxylic acids is 1. The van der Waals surface area contributed by atoms with Gasteiger partial charge in [0.15, 0.2) is 5.78 Å². The fraction of sp³-hybridized carbons (Fsp3) is 0.308. The zero-order valence-corrected chi connectivity index (χ0v) is 27.0. The van der Waals surface area contributed by atoms with Crippen LogP contribution in [0.25, 0.3) is 5.52 Å². The van der Waals surface area contributed by atoms with Crippen molar-refractivity contribution in [2.45, 2.75) is 59.8 Å². The van der Waals surface area contributed by atoms with Gasteiger partial charge in [0, 0.05) is 66.6 Å². The van der Waals surface area contributed by atoms with Crippen molar-refractivity contribution in [3.8, 4) is 0 Å². The number of imidazole rings is 1. The molecule has 0 saturated carbocycles. The molecule has 0 aliphatic rings. The van der Waals surface area contributed by atoms with Gasteiger partial charge in [-0.2, -0.15) is 0 Å². The van der Waals surface area contributed by atoms with Crippen molar-refractivity contribution in [3.63, 3.8) is 0 Å². The first-order chi connectivity index (χ1) is 21.6. The molecule has 0 atom stereocenters. The predicted octanol–water partition coefficient (Wildman–Crippen LogP) is 8.97. The Balaban J connectivity index is 1.54. The average molecular weight is 603 g/mol. The molecule has 232 valence electrons. The smallest absolute Gasteiger partial charge is 0.303 e. The molecular weight excluding hydrogens is 558 g/mol. The lowest BCUT2D eigenvalue weighted by atomic mass is 9.99. The number of aryl methyl sites for hydroxylation is 1. The number of rotatable bonds is 13. The Morgan fingerprint density at radius 3 is 1.96 bits per heavy atom. The van der Waals surface area contributed by atoms with Crippen LogP contribution < -0.4 is 4.48 Å². The van der Waals surface area contributed by atoms with E-state index in [1.807, 2.05) is 40.9 Å². The summed E-state index contributed by atoms with van der Waals surface area (Å²) in [4.78, 5) is 29.6. The van der Waals surface area contributed by atoms with Crippen LogP contribution >= 0.6 is 0 Å². The third-order valence-electron chi connectivity index (χ3n) is 8.50. The van der Waals surface area contributed by atoms with Crippen LogP contribution in [-0.4, -0.2) is 33.3 Å². The molecule has 2 heterocycles. The number of quaternary nitrogens is 1. The van der Waals surface area contributed by atoms with Crippen molar-refractivity contribution in [2.75, 3.05) is 7.05 Å². The lowest BCUT2D eigenvalue weighted by Crippen LogP contribution is -2.34. The molecule has 0 radical (unpaired) electrons. The van der Waals surface area contributed by atoms with E-state index < -0.39 is 5.97 Å². The monoisotopic (exact) mass is 602 g/mol. The first kappa shape index (κ1) is 31.9. The molecule has 0 bridgehead atoms. The van der Waals surface area contributed by atoms with Gasteiger partial charge in [0.05, 0.1) is 18.8 Å². The second-order valence-electron chi connectivity index (χ2n) is 13.0. The van der Waals surface area contributed by atoms with Crippen LogP contribution in [0, 0.1) is 11.8 Å². The number of nitrogens with zero attached hydrogens (tertiary/aromatic N) is 3. The molecule has 0 fully saturated rings. The standard InChI is InChI=1S/C39H43N3O3/c1-27(2)23-29-14-18-32(19-15-29)42(5,33-20-16-30(17-21-33)24-28(3)4)34-10-6-9-31(25-34)39(45)35-11-8-22-41-36(35)26-40-37(41)12-7-13-38(43)44/h6,8-11,14-22,25-28H,7,12-13,23-24H2,1-5H3/p+1. The number of carboxylic acids is 1. The number of carbonyl (C=O) groups excluding carboxylic acids is 1. The molecule has 45 heavy (non-hydrogen) atoms. The molecule has 6 heteroatoms. The molecular formula is C39H44N3O3+. The van der Waals surface area contributed by atoms with Crippen molar-refractivity contribution in [1.82, 2.24) is 13.9 Å². The summed E-state index contributed by atoms with van der Waals surface area (Å²) in [5.41, 5.74) is 7.74. The minimum Gasteiger partial charge on any atom is -0.481 e. The Morgan fingerprint density at radius 2 is 1.40 bits per heavy atom. The molecule has 0 unspecified atom stereocenters. The summed E-state index contributed by atoms with van der Waals surface area (Å²) < 4.78 is 2.31. The topological polar surface area (TPSA) is 71.7 Å². The van der Waals surface area contributed by atoms with Crippen molar-refractivity contribution in [3.05, 3.63) is 125 Å². The van der Waals surface area contributed by atoms with Gasteiger partial charge in [-0.15, -0.1) is 0 Å². The number of hydrogen-bond acceptors (Lipinski definition) is 3. The fourth-order valence-corrected chi connectivity index (χ4v) is 6.18. The van der Waals surface area contributed by atoms with Crippen LogP contribution in [0.5, 0.6) is 0 Å². The SMILES string of the molecule is CC(C)Cc1ccc([N+](C)(c2ccc(CC(C)C)cc2)c2cccc(C(=O)c3cccn4c(CCCC(=O)O)ncc34)c2)cc1. The van der Waals surface area contributed by atoms with E-state index in [4.69, 9.17) is 5.11 Å². The van der Waals surface area contributed by atoms with Crippen LogP contribution in [0.4, 0.5) is 17.1 Å². The molecule has 3 aromatic carbocycles. The quantitative estimate of drug-likeness (QED) is 0.108. The fourth-order valence-electron chi connectivity index (χ4n) is 6.18. The van der Waals surface area contributed by atoms with E-state index in [9.17, 15) is 9.59 Å². The highest BCUT2D eigenvalue weighted by molar-refractivity contribution is 6.13. The highest BCUT2D eigenvalue weighted by Gasteiger charge is 2.32. The Morgan fingerprint density at radius 1 is 0.800 bits per heavy atom. The van der Waals surface area contributed by atoms with E-state index in [2.05, 4.69) is 94.3 Å². The number of fused-ring (bicyclic) bond motifs is 1. The summed E-state index contributed by atoms with van der Waals surface area (Å²) in [5, 5.41) is 9.04. The average Bonchev–Trinajstić information content (AvgIpc) is 3.43. The van der Waals surface area contributed by atoms with Crippen LogP contribution in [0.15, 0.2) is 97.3 Å². The maximum absolute atomic E-state index is 14.1. The Bertz CT molecular complexity index is 1730. The molecule has 5 rings (SSSR count). The number of pyridine rings is 1. The molecule has 0 amide bonds. The van der Waals surface area contributed by atoms with Gasteiger partial charge in [-0.3, -0.25) is 9.59 Å². The maximum atomic E-state index is 14.1. The van der Waals surface area contributed by atoms with Crippen LogP contribution in [0.1, 0.15) is 73.4 Å². The third-order valence-corrected chi connectivity index (χ3v) is 8.50. The normalized spacial score (nSPS) is 11.9. The van der Waals surface area contributed by atoms with Gasteiger partial charge < -0.3 is 9.51 Å². The Kier molecular flexibility index (Phi) is 9.64. The summed E-state index contributed by atoms with van der Waals surface area (Å²) in [5.74, 6) is 1.00. The molecule has 2 aromatic heterocycles. The number of carboxylic acid groups (broad SMARTS) is 1. The Labute approximate surface area is 266 Å². The van der Waals surface area contributed by atoms with Crippen molar-refractivity contribution in [1.29, 1.82) is 0 Å². The van der Waals surface area contributed by atoms with Crippen molar-refractivity contribution in [2.24, 2.45) is 11.8 Å². The molecule has 0 spiro atoms. The highest BCUT2D eigenvalue weighted by Crippen LogP contribution is 2.42. The van der Waals surface area contributed by atoms with Gasteiger partial charge in [0.25, 0.3) is 0 Å². The van der Waals surface area contributed by atoms with Gasteiger partial charge in [-0.05, 0) is 54.4 Å². The molecule has 0 saturated heterocycles. The van der Waals surface area contributed by atoms with Gasteiger partial charge in [0.2, 0.25) is 0 Å². The second-order valence-corrected chi connectivity index (χ2v) is 13.0. The minimum absolute atomic E-state index is 0.0782. The van der Waals surface area contributed by atoms with Gasteiger partial charge >= 0.3 is 5.97 Å². The molecule has 0 aliphatic heterocycles. The van der Waals surface area contributed by atoms with E-state index in [1.54, 1.807) is 6.20 Å². The van der Waals surface area contributed by atoms with Gasteiger partial charge in [-0.25, -0.2) is 9.47 Å². The summed E-state index contributed by atoms with van der Waals surface area (Å²) in [7, 11) is 2.19. The van der Waals surface area contributed by atoms with E-state index in [1.165, 1.54) is 11.1 Å². The summed E-state index contributed by atoms with van der Waals surface area (Å²) >= 11 is 0. The van der Waals surface area contributed by atoms with Crippen molar-refractivity contribution < 1.29 is 14.7 Å². The molecule has 5 aromatic rings. The van der Waals surface area contributed by atoms with Gasteiger partial charge in [0.1, 0.15) is 22.9 Å². The third kappa shape index (κ3) is 7.07. The van der Waals surface area contributed by atoms with E-state index >= 15 is 0 Å². The lowest BCUT2D eigenvalue weighted by Gasteiger charge is -2.34. The van der Waals surface area contributed by atoms with Crippen LogP contribution in [0.2, 0.25) is 0 Å². The maximum Gasteiger partial charge on any atom is 0.303 e. The summed E-state index contributed by atoms with van der Waals surface area (Å²) in [6.45, 7) is 8.94. The minimum atomic E-state index is -0.824. The molecule has 1 N–H and O–H groups in total. The van der Waals surface area contributed by atoms with E-state index in [-0.39, 0.29) is 12.2 Å². The summed E-state index contributed by atoms with van der Waals surface area (Å²) in [6.07, 6.45) is 6.74. The van der Waals surface area contributed by atoms with E-state index in [0.29, 0.717) is 40.3 Å². The number of carbonyl (C=O) groups is 2. The Hall–Kier alpha value is -4.55. The molecule has 0 aliphatic carbocycles. The largest absolute Gasteiger partial charge is 0.481 e. The van der Waals surface area contributed by atoms with Crippen LogP contribution in [-0.2, 0) is 24.1 Å². The number of ketones is 1. The predicted molar refractivity (Wildman–Crippen MR) is 183 cm³/mol. The number of hydrogen-bond donors (Lipinski definition) is 1. The summed E-state index contributed by atoms with van der Waals surface area (Å²) in [6, 6.07) is 29.4. The number of benzene rings is 3. The second kappa shape index (κ2) is 13.6. The lowest BCUT2D eigenvalue weighted by molar-refractivity contribution is -0.137. The highest BCUT2D eigenvalue weighted by atomic mass is 16.4. The first-order valence-corrected chi connectivity index (χ1v) is 15.9. The first-order valence-electron chi connectivity index (χ1n) is 15.9. The van der Waals surface area contributed by atoms with E-state index in [0.717, 1.165) is 41.2 Å². The zero-order chi connectivity index (χ0) is 32.1. The van der Waals surface area contributed by atoms with Crippen LogP contribution in [0.3, 0.4) is 0 Å².